The van der Waals surface area contributed by atoms with E-state index in [2.05, 4.69) is 5.32 Å². The second kappa shape index (κ2) is 8.08. The maximum atomic E-state index is 13.0. The summed E-state index contributed by atoms with van der Waals surface area (Å²) in [6, 6.07) is 11.0. The fourth-order valence-corrected chi connectivity index (χ4v) is 3.02. The van der Waals surface area contributed by atoms with Crippen LogP contribution < -0.4 is 10.1 Å². The lowest BCUT2D eigenvalue weighted by Gasteiger charge is -2.24. The van der Waals surface area contributed by atoms with Gasteiger partial charge in [-0.1, -0.05) is 19.1 Å². The van der Waals surface area contributed by atoms with Crippen molar-refractivity contribution in [3.05, 3.63) is 59.4 Å². The van der Waals surface area contributed by atoms with Gasteiger partial charge in [0.05, 0.1) is 13.1 Å². The fraction of sp³-hybridized carbons (Fsp3) is 0.350. The highest BCUT2D eigenvalue weighted by Gasteiger charge is 2.22. The lowest BCUT2D eigenvalue weighted by atomic mass is 10.0. The van der Waals surface area contributed by atoms with E-state index in [1.807, 2.05) is 6.92 Å². The van der Waals surface area contributed by atoms with Crippen molar-refractivity contribution in [1.82, 2.24) is 10.2 Å². The monoisotopic (exact) mass is 358 g/mol. The van der Waals surface area contributed by atoms with Crippen LogP contribution in [0.1, 0.15) is 24.5 Å². The van der Waals surface area contributed by atoms with E-state index < -0.39 is 0 Å². The molecule has 0 aliphatic carbocycles. The Balaban J connectivity index is 1.65. The molecule has 0 spiro atoms. The van der Waals surface area contributed by atoms with Gasteiger partial charge in [-0.2, -0.15) is 0 Å². The van der Waals surface area contributed by atoms with Gasteiger partial charge in [-0.3, -0.25) is 0 Å². The van der Waals surface area contributed by atoms with Crippen LogP contribution in [0, 0.1) is 5.82 Å². The number of aromatic hydroxyl groups is 1. The summed E-state index contributed by atoms with van der Waals surface area (Å²) < 4.78 is 18.7. The van der Waals surface area contributed by atoms with Gasteiger partial charge in [0.25, 0.3) is 0 Å². The number of phenolic OH excluding ortho intramolecular Hbond substituents is 1. The van der Waals surface area contributed by atoms with Crippen LogP contribution in [0.3, 0.4) is 0 Å². The molecule has 6 heteroatoms. The van der Waals surface area contributed by atoms with Crippen molar-refractivity contribution in [2.24, 2.45) is 0 Å². The number of carbonyl (C=O) groups is 1. The van der Waals surface area contributed by atoms with Crippen LogP contribution in [0.15, 0.2) is 42.5 Å². The molecule has 3 rings (SSSR count). The third-order valence-corrected chi connectivity index (χ3v) is 4.53. The van der Waals surface area contributed by atoms with Crippen LogP contribution in [-0.4, -0.2) is 35.2 Å². The molecule has 2 amide bonds. The van der Waals surface area contributed by atoms with Crippen molar-refractivity contribution in [2.45, 2.75) is 32.4 Å². The Morgan fingerprint density at radius 2 is 2.08 bits per heavy atom. The molecule has 1 heterocycles. The Kier molecular flexibility index (Phi) is 5.61. The predicted molar refractivity (Wildman–Crippen MR) is 96.7 cm³/mol. The average molecular weight is 358 g/mol. The van der Waals surface area contributed by atoms with Gasteiger partial charge in [-0.15, -0.1) is 0 Å². The first-order valence-corrected chi connectivity index (χ1v) is 8.79. The molecule has 26 heavy (non-hydrogen) atoms. The van der Waals surface area contributed by atoms with Crippen molar-refractivity contribution in [3.63, 3.8) is 0 Å². The molecule has 0 aromatic heterocycles. The molecule has 0 bridgehead atoms. The van der Waals surface area contributed by atoms with Crippen LogP contribution in [-0.2, 0) is 13.0 Å². The number of fused-ring (bicyclic) bond motifs is 1. The minimum atomic E-state index is -0.266. The quantitative estimate of drug-likeness (QED) is 0.880. The molecule has 138 valence electrons. The van der Waals surface area contributed by atoms with E-state index in [-0.39, 0.29) is 23.6 Å². The highest BCUT2D eigenvalue weighted by Crippen LogP contribution is 2.26. The summed E-state index contributed by atoms with van der Waals surface area (Å²) >= 11 is 0. The standard InChI is InChI=1S/C20H23FN2O3/c1-2-17(11-14-3-5-16(21)6-4-14)22-20(25)23-9-10-26-19-8-7-18(24)12-15(19)13-23/h3-8,12,17,24H,2,9-11,13H2,1H3,(H,22,25). The van der Waals surface area contributed by atoms with Gasteiger partial charge in [0, 0.05) is 11.6 Å². The van der Waals surface area contributed by atoms with Gasteiger partial charge in [0.1, 0.15) is 23.9 Å². The van der Waals surface area contributed by atoms with Crippen LogP contribution in [0.5, 0.6) is 11.5 Å². The zero-order valence-corrected chi connectivity index (χ0v) is 14.7. The number of carbonyl (C=O) groups excluding carboxylic acids is 1. The molecule has 0 radical (unpaired) electrons. The summed E-state index contributed by atoms with van der Waals surface area (Å²) in [4.78, 5) is 14.4. The lowest BCUT2D eigenvalue weighted by molar-refractivity contribution is 0.183. The van der Waals surface area contributed by atoms with Gasteiger partial charge >= 0.3 is 6.03 Å². The number of halogens is 1. The number of hydrogen-bond donors (Lipinski definition) is 2. The summed E-state index contributed by atoms with van der Waals surface area (Å²) in [6.07, 6.45) is 1.41. The van der Waals surface area contributed by atoms with Crippen LogP contribution in [0.4, 0.5) is 9.18 Å². The van der Waals surface area contributed by atoms with Crippen molar-refractivity contribution < 1.29 is 19.0 Å². The Morgan fingerprint density at radius 1 is 1.31 bits per heavy atom. The molecule has 2 aromatic carbocycles. The first kappa shape index (κ1) is 18.0. The Labute approximate surface area is 152 Å². The number of ether oxygens (including phenoxy) is 1. The van der Waals surface area contributed by atoms with Crippen LogP contribution in [0.2, 0.25) is 0 Å². The third-order valence-electron chi connectivity index (χ3n) is 4.53. The topological polar surface area (TPSA) is 61.8 Å². The van der Waals surface area contributed by atoms with Crippen LogP contribution in [0.25, 0.3) is 0 Å². The summed E-state index contributed by atoms with van der Waals surface area (Å²) in [5, 5.41) is 12.7. The maximum absolute atomic E-state index is 13.0. The van der Waals surface area contributed by atoms with Crippen molar-refractivity contribution in [1.29, 1.82) is 0 Å². The largest absolute Gasteiger partial charge is 0.508 e. The molecule has 1 unspecified atom stereocenters. The van der Waals surface area contributed by atoms with Gasteiger partial charge in [0.15, 0.2) is 0 Å². The molecule has 1 atom stereocenters. The molecule has 0 fully saturated rings. The summed E-state index contributed by atoms with van der Waals surface area (Å²) in [6.45, 7) is 3.25. The first-order valence-electron chi connectivity index (χ1n) is 8.79. The minimum absolute atomic E-state index is 0.0409. The number of benzene rings is 2. The highest BCUT2D eigenvalue weighted by atomic mass is 19.1. The predicted octanol–water partition coefficient (Wildman–Crippen LogP) is 3.46. The number of rotatable bonds is 4. The van der Waals surface area contributed by atoms with E-state index in [1.165, 1.54) is 12.1 Å². The van der Waals surface area contributed by atoms with Gasteiger partial charge < -0.3 is 20.1 Å². The molecule has 5 nitrogen and oxygen atoms in total. The number of amides is 2. The van der Waals surface area contributed by atoms with E-state index in [4.69, 9.17) is 4.74 Å². The summed E-state index contributed by atoms with van der Waals surface area (Å²) in [5.74, 6) is 0.575. The van der Waals surface area contributed by atoms with E-state index in [0.29, 0.717) is 31.9 Å². The zero-order chi connectivity index (χ0) is 18.5. The van der Waals surface area contributed by atoms with E-state index in [1.54, 1.807) is 35.2 Å². The van der Waals surface area contributed by atoms with Gasteiger partial charge in [-0.05, 0) is 48.7 Å². The number of hydrogen-bond acceptors (Lipinski definition) is 3. The number of nitrogens with one attached hydrogen (secondary N) is 1. The molecule has 2 N–H and O–H groups in total. The molecule has 0 saturated carbocycles. The highest BCUT2D eigenvalue weighted by molar-refractivity contribution is 5.74. The SMILES string of the molecule is CCC(Cc1ccc(F)cc1)NC(=O)N1CCOc2ccc(O)cc2C1. The molecular weight excluding hydrogens is 335 g/mol. The minimum Gasteiger partial charge on any atom is -0.508 e. The second-order valence-corrected chi connectivity index (χ2v) is 6.45. The van der Waals surface area contributed by atoms with E-state index in [0.717, 1.165) is 17.5 Å². The molecule has 0 saturated heterocycles. The third kappa shape index (κ3) is 4.45. The van der Waals surface area contributed by atoms with Crippen molar-refractivity contribution in [3.8, 4) is 11.5 Å². The van der Waals surface area contributed by atoms with Crippen molar-refractivity contribution >= 4 is 6.03 Å². The molecule has 1 aliphatic rings. The fourth-order valence-electron chi connectivity index (χ4n) is 3.02. The smallest absolute Gasteiger partial charge is 0.318 e. The Hall–Kier alpha value is -2.76. The zero-order valence-electron chi connectivity index (χ0n) is 14.7. The number of nitrogens with zero attached hydrogens (tertiary/aromatic N) is 1. The van der Waals surface area contributed by atoms with Crippen molar-refractivity contribution in [2.75, 3.05) is 13.2 Å². The van der Waals surface area contributed by atoms with Gasteiger partial charge in [0.2, 0.25) is 0 Å². The number of phenols is 1. The summed E-state index contributed by atoms with van der Waals surface area (Å²) in [7, 11) is 0. The van der Waals surface area contributed by atoms with Gasteiger partial charge in [-0.25, -0.2) is 9.18 Å². The molecular formula is C20H23FN2O3. The lowest BCUT2D eigenvalue weighted by Crippen LogP contribution is -2.45. The first-order chi connectivity index (χ1) is 12.5. The average Bonchev–Trinajstić information content (AvgIpc) is 2.84. The molecule has 1 aliphatic heterocycles. The van der Waals surface area contributed by atoms with E-state index >= 15 is 0 Å². The van der Waals surface area contributed by atoms with Crippen LogP contribution >= 0.6 is 0 Å². The molecule has 2 aromatic rings. The number of urea groups is 1. The Bertz CT molecular complexity index is 764. The Morgan fingerprint density at radius 3 is 2.81 bits per heavy atom. The maximum Gasteiger partial charge on any atom is 0.318 e. The second-order valence-electron chi connectivity index (χ2n) is 6.45. The summed E-state index contributed by atoms with van der Waals surface area (Å²) in [5.41, 5.74) is 1.76. The van der Waals surface area contributed by atoms with E-state index in [9.17, 15) is 14.3 Å². The normalized spacial score (nSPS) is 14.8.